The fraction of sp³-hybridized carbons (Fsp3) is 0.400. The highest BCUT2D eigenvalue weighted by molar-refractivity contribution is 7.92. The molecule has 2 aliphatic rings. The van der Waals surface area contributed by atoms with Crippen molar-refractivity contribution in [3.63, 3.8) is 0 Å². The van der Waals surface area contributed by atoms with E-state index in [2.05, 4.69) is 35.6 Å². The Labute approximate surface area is 215 Å². The Morgan fingerprint density at radius 3 is 2.17 bits per heavy atom. The quantitative estimate of drug-likeness (QED) is 0.439. The van der Waals surface area contributed by atoms with E-state index in [1.165, 1.54) is 18.4 Å². The fourth-order valence-electron chi connectivity index (χ4n) is 6.33. The first-order valence-electron chi connectivity index (χ1n) is 13.1. The summed E-state index contributed by atoms with van der Waals surface area (Å²) in [5.74, 6) is 1.75. The van der Waals surface area contributed by atoms with Gasteiger partial charge in [-0.25, -0.2) is 8.42 Å². The number of benzene rings is 3. The van der Waals surface area contributed by atoms with Gasteiger partial charge in [0.2, 0.25) is 0 Å². The second-order valence-electron chi connectivity index (χ2n) is 10.0. The molecule has 190 valence electrons. The number of piperidine rings is 1. The molecule has 2 fully saturated rings. The van der Waals surface area contributed by atoms with E-state index in [1.54, 1.807) is 35.7 Å². The lowest BCUT2D eigenvalue weighted by atomic mass is 9.66. The van der Waals surface area contributed by atoms with Crippen molar-refractivity contribution in [3.8, 4) is 5.75 Å². The number of rotatable bonds is 7. The molecule has 0 aromatic heterocycles. The lowest BCUT2D eigenvalue weighted by Crippen LogP contribution is -2.55. The SMILES string of the molecule is COc1ccc(S(=O)(=O)N(c2ccccc2)C2CCNCC2C2CCCCC2c2ccccc2)cc1. The predicted molar refractivity (Wildman–Crippen MR) is 145 cm³/mol. The average molecular weight is 505 g/mol. The van der Waals surface area contributed by atoms with Crippen LogP contribution < -0.4 is 14.4 Å². The van der Waals surface area contributed by atoms with Gasteiger partial charge in [-0.3, -0.25) is 4.31 Å². The number of hydrogen-bond acceptors (Lipinski definition) is 4. The molecule has 1 N–H and O–H groups in total. The van der Waals surface area contributed by atoms with Crippen molar-refractivity contribution in [2.75, 3.05) is 24.5 Å². The average Bonchev–Trinajstić information content (AvgIpc) is 2.94. The summed E-state index contributed by atoms with van der Waals surface area (Å²) in [7, 11) is -2.19. The Morgan fingerprint density at radius 2 is 1.47 bits per heavy atom. The molecule has 4 atom stereocenters. The molecule has 1 saturated carbocycles. The summed E-state index contributed by atoms with van der Waals surface area (Å²) in [4.78, 5) is 0.299. The zero-order chi connectivity index (χ0) is 25.0. The van der Waals surface area contributed by atoms with Crippen LogP contribution >= 0.6 is 0 Å². The van der Waals surface area contributed by atoms with Crippen LogP contribution in [0.3, 0.4) is 0 Å². The molecule has 5 nitrogen and oxygen atoms in total. The van der Waals surface area contributed by atoms with Gasteiger partial charge in [0, 0.05) is 6.54 Å². The van der Waals surface area contributed by atoms with Crippen LogP contribution in [0.1, 0.15) is 43.6 Å². The Kier molecular flexibility index (Phi) is 7.63. The van der Waals surface area contributed by atoms with Crippen LogP contribution in [-0.4, -0.2) is 34.7 Å². The first-order valence-corrected chi connectivity index (χ1v) is 14.5. The van der Waals surface area contributed by atoms with Crippen molar-refractivity contribution >= 4 is 15.7 Å². The number of ether oxygens (including phenoxy) is 1. The molecule has 1 heterocycles. The largest absolute Gasteiger partial charge is 0.497 e. The van der Waals surface area contributed by atoms with Gasteiger partial charge >= 0.3 is 0 Å². The number of sulfonamides is 1. The van der Waals surface area contributed by atoms with Gasteiger partial charge < -0.3 is 10.1 Å². The number of nitrogens with one attached hydrogen (secondary N) is 1. The van der Waals surface area contributed by atoms with E-state index in [0.717, 1.165) is 38.0 Å². The molecule has 4 unspecified atom stereocenters. The normalized spacial score (nSPS) is 24.7. The standard InChI is InChI=1S/C30H36N2O3S/c1-35-25-16-18-26(19-17-25)36(33,34)32(24-12-6-3-7-13-24)30-20-21-31-22-29(30)28-15-9-8-14-27(28)23-10-4-2-5-11-23/h2-7,10-13,16-19,27-31H,8-9,14-15,20-22H2,1H3. The number of para-hydroxylation sites is 1. The summed E-state index contributed by atoms with van der Waals surface area (Å²) >= 11 is 0. The van der Waals surface area contributed by atoms with Gasteiger partial charge in [-0.2, -0.15) is 0 Å². The summed E-state index contributed by atoms with van der Waals surface area (Å²) in [5.41, 5.74) is 2.12. The van der Waals surface area contributed by atoms with Crippen LogP contribution in [0.25, 0.3) is 0 Å². The van der Waals surface area contributed by atoms with E-state index in [0.29, 0.717) is 22.5 Å². The fourth-order valence-corrected chi connectivity index (χ4v) is 8.05. The van der Waals surface area contributed by atoms with Gasteiger partial charge in [0.25, 0.3) is 10.0 Å². The zero-order valence-corrected chi connectivity index (χ0v) is 21.7. The second kappa shape index (κ2) is 11.1. The van der Waals surface area contributed by atoms with E-state index in [1.807, 2.05) is 30.3 Å². The van der Waals surface area contributed by atoms with Gasteiger partial charge in [-0.1, -0.05) is 61.4 Å². The first kappa shape index (κ1) is 24.8. The lowest BCUT2D eigenvalue weighted by molar-refractivity contribution is 0.161. The Morgan fingerprint density at radius 1 is 0.806 bits per heavy atom. The van der Waals surface area contributed by atoms with Gasteiger partial charge in [0.05, 0.1) is 23.7 Å². The third-order valence-corrected chi connectivity index (χ3v) is 9.88. The summed E-state index contributed by atoms with van der Waals surface area (Å²) in [6, 6.07) is 27.1. The molecule has 1 aliphatic heterocycles. The van der Waals surface area contributed by atoms with Gasteiger partial charge in [0.15, 0.2) is 0 Å². The zero-order valence-electron chi connectivity index (χ0n) is 20.9. The Balaban J connectivity index is 1.56. The molecule has 0 radical (unpaired) electrons. The van der Waals surface area contributed by atoms with E-state index in [-0.39, 0.29) is 12.0 Å². The molecule has 3 aromatic rings. The summed E-state index contributed by atoms with van der Waals surface area (Å²) in [6.07, 6.45) is 5.51. The monoisotopic (exact) mass is 504 g/mol. The number of anilines is 1. The highest BCUT2D eigenvalue weighted by Crippen LogP contribution is 2.46. The van der Waals surface area contributed by atoms with Crippen LogP contribution in [0.15, 0.2) is 89.8 Å². The summed E-state index contributed by atoms with van der Waals surface area (Å²) in [5, 5.41) is 3.61. The molecular weight excluding hydrogens is 468 g/mol. The summed E-state index contributed by atoms with van der Waals surface area (Å²) in [6.45, 7) is 1.64. The maximum Gasteiger partial charge on any atom is 0.264 e. The number of methoxy groups -OCH3 is 1. The van der Waals surface area contributed by atoms with Crippen LogP contribution in [0.2, 0.25) is 0 Å². The smallest absolute Gasteiger partial charge is 0.264 e. The van der Waals surface area contributed by atoms with Crippen molar-refractivity contribution in [2.45, 2.75) is 49.0 Å². The van der Waals surface area contributed by atoms with Crippen molar-refractivity contribution < 1.29 is 13.2 Å². The third-order valence-electron chi connectivity index (χ3n) is 8.02. The van der Waals surface area contributed by atoms with Crippen molar-refractivity contribution in [1.82, 2.24) is 5.32 Å². The van der Waals surface area contributed by atoms with Crippen molar-refractivity contribution in [3.05, 3.63) is 90.5 Å². The molecule has 36 heavy (non-hydrogen) atoms. The molecule has 1 saturated heterocycles. The van der Waals surface area contributed by atoms with Crippen molar-refractivity contribution in [2.24, 2.45) is 11.8 Å². The predicted octanol–water partition coefficient (Wildman–Crippen LogP) is 5.84. The van der Waals surface area contributed by atoms with E-state index < -0.39 is 10.0 Å². The third kappa shape index (κ3) is 5.02. The van der Waals surface area contributed by atoms with Crippen LogP contribution in [0.5, 0.6) is 5.75 Å². The molecule has 1 aliphatic carbocycles. The topological polar surface area (TPSA) is 58.6 Å². The number of nitrogens with zero attached hydrogens (tertiary/aromatic N) is 1. The minimum atomic E-state index is -3.78. The maximum atomic E-state index is 14.3. The van der Waals surface area contributed by atoms with E-state index in [4.69, 9.17) is 4.74 Å². The second-order valence-corrected chi connectivity index (χ2v) is 11.8. The van der Waals surface area contributed by atoms with Crippen molar-refractivity contribution in [1.29, 1.82) is 0 Å². The van der Waals surface area contributed by atoms with Crippen LogP contribution in [0, 0.1) is 11.8 Å². The Hall–Kier alpha value is -2.83. The molecule has 0 amide bonds. The van der Waals surface area contributed by atoms with E-state index in [9.17, 15) is 8.42 Å². The van der Waals surface area contributed by atoms with Crippen LogP contribution in [-0.2, 0) is 10.0 Å². The lowest BCUT2D eigenvalue weighted by Gasteiger charge is -2.47. The maximum absolute atomic E-state index is 14.3. The molecule has 6 heteroatoms. The number of hydrogen-bond donors (Lipinski definition) is 1. The molecule has 0 bridgehead atoms. The molecule has 3 aromatic carbocycles. The Bertz CT molecular complexity index is 1220. The molecule has 0 spiro atoms. The molecular formula is C30H36N2O3S. The first-order chi connectivity index (χ1) is 17.6. The highest BCUT2D eigenvalue weighted by Gasteiger charge is 2.44. The van der Waals surface area contributed by atoms with Gasteiger partial charge in [-0.15, -0.1) is 0 Å². The highest BCUT2D eigenvalue weighted by atomic mass is 32.2. The van der Waals surface area contributed by atoms with E-state index >= 15 is 0 Å². The van der Waals surface area contributed by atoms with Crippen LogP contribution in [0.4, 0.5) is 5.69 Å². The van der Waals surface area contributed by atoms with Gasteiger partial charge in [0.1, 0.15) is 5.75 Å². The summed E-state index contributed by atoms with van der Waals surface area (Å²) < 4.78 is 35.6. The minimum Gasteiger partial charge on any atom is -0.497 e. The van der Waals surface area contributed by atoms with Gasteiger partial charge in [-0.05, 0) is 85.5 Å². The minimum absolute atomic E-state index is 0.116. The molecule has 5 rings (SSSR count).